The van der Waals surface area contributed by atoms with Crippen molar-refractivity contribution >= 4 is 17.7 Å². The molecule has 0 heterocycles. The molecule has 1 aliphatic rings. The number of hydrogen-bond acceptors (Lipinski definition) is 2. The summed E-state index contributed by atoms with van der Waals surface area (Å²) in [6.07, 6.45) is 7.73. The summed E-state index contributed by atoms with van der Waals surface area (Å²) in [6.45, 7) is 1.03. The zero-order valence-corrected chi connectivity index (χ0v) is 14.0. The molecule has 1 aliphatic carbocycles. The monoisotopic (exact) mass is 305 g/mol. The standard InChI is InChI=1S/C21H23NO/c1-22(2)15-7-11-19-18-10-5-4-8-16(18)13-14-17-9-6-12-20(23-3)21(17)19/h4-6,8-14H,7,15H2,1-3H3/b19-11+. The molecule has 0 aromatic heterocycles. The van der Waals surface area contributed by atoms with Crippen LogP contribution in [0.2, 0.25) is 0 Å². The van der Waals surface area contributed by atoms with Crippen LogP contribution in [0.3, 0.4) is 0 Å². The summed E-state index contributed by atoms with van der Waals surface area (Å²) in [5.41, 5.74) is 6.18. The third-order valence-corrected chi connectivity index (χ3v) is 4.17. The zero-order valence-electron chi connectivity index (χ0n) is 14.0. The lowest BCUT2D eigenvalue weighted by atomic mass is 9.92. The Morgan fingerprint density at radius 2 is 1.70 bits per heavy atom. The van der Waals surface area contributed by atoms with E-state index in [9.17, 15) is 0 Å². The zero-order chi connectivity index (χ0) is 16.2. The van der Waals surface area contributed by atoms with E-state index in [1.807, 2.05) is 6.07 Å². The van der Waals surface area contributed by atoms with Crippen LogP contribution in [0.1, 0.15) is 28.7 Å². The van der Waals surface area contributed by atoms with E-state index < -0.39 is 0 Å². The summed E-state index contributed by atoms with van der Waals surface area (Å²) in [5.74, 6) is 0.931. The first-order chi connectivity index (χ1) is 11.2. The van der Waals surface area contributed by atoms with Gasteiger partial charge in [0, 0.05) is 12.1 Å². The van der Waals surface area contributed by atoms with Gasteiger partial charge in [0.15, 0.2) is 0 Å². The molecule has 2 nitrogen and oxygen atoms in total. The minimum Gasteiger partial charge on any atom is -0.496 e. The summed E-state index contributed by atoms with van der Waals surface area (Å²) < 4.78 is 5.66. The van der Waals surface area contributed by atoms with Crippen LogP contribution in [0.5, 0.6) is 5.75 Å². The van der Waals surface area contributed by atoms with E-state index in [2.05, 4.69) is 73.6 Å². The second-order valence-corrected chi connectivity index (χ2v) is 6.05. The van der Waals surface area contributed by atoms with E-state index in [-0.39, 0.29) is 0 Å². The average molecular weight is 305 g/mol. The number of benzene rings is 2. The summed E-state index contributed by atoms with van der Waals surface area (Å²) in [6, 6.07) is 14.8. The van der Waals surface area contributed by atoms with Gasteiger partial charge >= 0.3 is 0 Å². The van der Waals surface area contributed by atoms with Crippen LogP contribution in [0.4, 0.5) is 0 Å². The first-order valence-electron chi connectivity index (χ1n) is 8.00. The minimum atomic E-state index is 0.931. The fourth-order valence-electron chi connectivity index (χ4n) is 3.03. The Balaban J connectivity index is 2.18. The summed E-state index contributed by atoms with van der Waals surface area (Å²) >= 11 is 0. The van der Waals surface area contributed by atoms with Crippen LogP contribution < -0.4 is 4.74 Å². The van der Waals surface area contributed by atoms with Gasteiger partial charge in [-0.2, -0.15) is 0 Å². The highest BCUT2D eigenvalue weighted by Gasteiger charge is 2.18. The third kappa shape index (κ3) is 3.22. The molecule has 2 aromatic rings. The van der Waals surface area contributed by atoms with Crippen LogP contribution in [0, 0.1) is 0 Å². The van der Waals surface area contributed by atoms with E-state index in [0.29, 0.717) is 0 Å². The molecule has 0 bridgehead atoms. The second-order valence-electron chi connectivity index (χ2n) is 6.05. The van der Waals surface area contributed by atoms with Crippen LogP contribution in [0.25, 0.3) is 17.7 Å². The molecular formula is C21H23NO. The van der Waals surface area contributed by atoms with Gasteiger partial charge in [0.05, 0.1) is 7.11 Å². The lowest BCUT2D eigenvalue weighted by Crippen LogP contribution is -2.12. The van der Waals surface area contributed by atoms with Crippen molar-refractivity contribution in [2.75, 3.05) is 27.7 Å². The second kappa shape index (κ2) is 6.84. The Morgan fingerprint density at radius 3 is 2.48 bits per heavy atom. The van der Waals surface area contributed by atoms with Gasteiger partial charge in [0.1, 0.15) is 5.75 Å². The maximum Gasteiger partial charge on any atom is 0.127 e. The molecule has 2 heteroatoms. The van der Waals surface area contributed by atoms with E-state index in [4.69, 9.17) is 4.74 Å². The van der Waals surface area contributed by atoms with Crippen LogP contribution >= 0.6 is 0 Å². The van der Waals surface area contributed by atoms with Gasteiger partial charge in [-0.15, -0.1) is 0 Å². The molecule has 0 amide bonds. The molecule has 0 aliphatic heterocycles. The summed E-state index contributed by atoms with van der Waals surface area (Å²) in [5, 5.41) is 0. The molecule has 118 valence electrons. The average Bonchev–Trinajstić information content (AvgIpc) is 2.72. The number of methoxy groups -OCH3 is 1. The molecule has 2 aromatic carbocycles. The maximum atomic E-state index is 5.66. The first-order valence-corrected chi connectivity index (χ1v) is 8.00. The molecule has 0 spiro atoms. The van der Waals surface area contributed by atoms with Crippen molar-refractivity contribution in [3.05, 3.63) is 70.8 Å². The number of rotatable bonds is 4. The van der Waals surface area contributed by atoms with Crippen molar-refractivity contribution in [3.63, 3.8) is 0 Å². The molecule has 3 rings (SSSR count). The van der Waals surface area contributed by atoms with Crippen molar-refractivity contribution in [2.45, 2.75) is 6.42 Å². The quantitative estimate of drug-likeness (QED) is 0.700. The molecule has 0 saturated carbocycles. The lowest BCUT2D eigenvalue weighted by molar-refractivity contribution is 0.413. The van der Waals surface area contributed by atoms with E-state index >= 15 is 0 Å². The molecule has 0 saturated heterocycles. The molecule has 0 radical (unpaired) electrons. The molecule has 0 atom stereocenters. The smallest absolute Gasteiger partial charge is 0.127 e. The Hall–Kier alpha value is -2.32. The Kier molecular flexibility index (Phi) is 4.63. The lowest BCUT2D eigenvalue weighted by Gasteiger charge is -2.16. The van der Waals surface area contributed by atoms with Crippen molar-refractivity contribution < 1.29 is 4.74 Å². The predicted octanol–water partition coefficient (Wildman–Crippen LogP) is 4.56. The summed E-state index contributed by atoms with van der Waals surface area (Å²) in [7, 11) is 5.96. The van der Waals surface area contributed by atoms with Crippen molar-refractivity contribution in [3.8, 4) is 5.75 Å². The maximum absolute atomic E-state index is 5.66. The van der Waals surface area contributed by atoms with Crippen LogP contribution in [-0.2, 0) is 0 Å². The number of fused-ring (bicyclic) bond motifs is 2. The topological polar surface area (TPSA) is 12.5 Å². The number of ether oxygens (including phenoxy) is 1. The van der Waals surface area contributed by atoms with E-state index in [1.54, 1.807) is 7.11 Å². The van der Waals surface area contributed by atoms with Gasteiger partial charge in [-0.1, -0.05) is 54.6 Å². The molecular weight excluding hydrogens is 282 g/mol. The van der Waals surface area contributed by atoms with Gasteiger partial charge in [-0.3, -0.25) is 0 Å². The fourth-order valence-corrected chi connectivity index (χ4v) is 3.03. The third-order valence-electron chi connectivity index (χ3n) is 4.17. The fraction of sp³-hybridized carbons (Fsp3) is 0.238. The highest BCUT2D eigenvalue weighted by Crippen LogP contribution is 2.39. The van der Waals surface area contributed by atoms with Gasteiger partial charge in [-0.05, 0) is 48.8 Å². The first kappa shape index (κ1) is 15.6. The molecule has 0 N–H and O–H groups in total. The van der Waals surface area contributed by atoms with Crippen molar-refractivity contribution in [1.82, 2.24) is 4.90 Å². The number of hydrogen-bond donors (Lipinski definition) is 0. The Labute approximate surface area is 138 Å². The van der Waals surface area contributed by atoms with Gasteiger partial charge in [-0.25, -0.2) is 0 Å². The predicted molar refractivity (Wildman–Crippen MR) is 98.6 cm³/mol. The molecule has 0 unspecified atom stereocenters. The van der Waals surface area contributed by atoms with Crippen molar-refractivity contribution in [2.24, 2.45) is 0 Å². The van der Waals surface area contributed by atoms with Gasteiger partial charge < -0.3 is 9.64 Å². The van der Waals surface area contributed by atoms with Gasteiger partial charge in [0.2, 0.25) is 0 Å². The van der Waals surface area contributed by atoms with E-state index in [0.717, 1.165) is 18.7 Å². The Bertz CT molecular complexity index is 756. The van der Waals surface area contributed by atoms with E-state index in [1.165, 1.54) is 27.8 Å². The molecule has 23 heavy (non-hydrogen) atoms. The van der Waals surface area contributed by atoms with Crippen LogP contribution in [0.15, 0.2) is 48.5 Å². The van der Waals surface area contributed by atoms with Crippen LogP contribution in [-0.4, -0.2) is 32.6 Å². The SMILES string of the molecule is COc1cccc2c1/C(=C/CCN(C)C)c1ccccc1C=C2. The normalized spacial score (nSPS) is 14.5. The summed E-state index contributed by atoms with van der Waals surface area (Å²) in [4.78, 5) is 2.21. The highest BCUT2D eigenvalue weighted by molar-refractivity contribution is 5.95. The Morgan fingerprint density at radius 1 is 0.957 bits per heavy atom. The minimum absolute atomic E-state index is 0.931. The van der Waals surface area contributed by atoms with Gasteiger partial charge in [0.25, 0.3) is 0 Å². The highest BCUT2D eigenvalue weighted by atomic mass is 16.5. The largest absolute Gasteiger partial charge is 0.496 e. The number of nitrogens with zero attached hydrogens (tertiary/aromatic N) is 1. The molecule has 0 fully saturated rings. The van der Waals surface area contributed by atoms with Crippen molar-refractivity contribution in [1.29, 1.82) is 0 Å².